The third-order valence-electron chi connectivity index (χ3n) is 5.47. The largest absolute Gasteiger partial charge is 0.494 e. The van der Waals surface area contributed by atoms with Crippen LogP contribution in [0.5, 0.6) is 5.75 Å². The molecule has 1 aliphatic heterocycles. The maximum absolute atomic E-state index is 12.7. The Balaban J connectivity index is 1.62. The van der Waals surface area contributed by atoms with Crippen LogP contribution in [-0.4, -0.2) is 31.0 Å². The second-order valence-corrected chi connectivity index (χ2v) is 7.89. The molecule has 1 heterocycles. The fourth-order valence-corrected chi connectivity index (χ4v) is 3.81. The highest BCUT2D eigenvalue weighted by Crippen LogP contribution is 2.25. The molecule has 1 aromatic carbocycles. The van der Waals surface area contributed by atoms with Crippen molar-refractivity contribution in [1.29, 1.82) is 0 Å². The van der Waals surface area contributed by atoms with Crippen molar-refractivity contribution < 1.29 is 14.3 Å². The van der Waals surface area contributed by atoms with E-state index in [1.54, 1.807) is 24.3 Å². The van der Waals surface area contributed by atoms with E-state index in [0.29, 0.717) is 12.3 Å². The number of anilines is 1. The van der Waals surface area contributed by atoms with Gasteiger partial charge in [-0.3, -0.25) is 9.59 Å². The minimum Gasteiger partial charge on any atom is -0.494 e. The van der Waals surface area contributed by atoms with Crippen LogP contribution in [0, 0.1) is 0 Å². The highest BCUT2D eigenvalue weighted by molar-refractivity contribution is 6.22. The number of imide groups is 1. The number of carbonyl (C=O) groups is 2. The number of nitrogens with one attached hydrogen (secondary N) is 1. The number of rotatable bonds is 15. The summed E-state index contributed by atoms with van der Waals surface area (Å²) in [6.45, 7) is 5.55. The second-order valence-electron chi connectivity index (χ2n) is 7.89. The number of nitrogens with zero attached hydrogens (tertiary/aromatic N) is 1. The Kier molecular flexibility index (Phi) is 10.8. The molecule has 0 radical (unpaired) electrons. The van der Waals surface area contributed by atoms with Gasteiger partial charge in [0.2, 0.25) is 5.91 Å². The van der Waals surface area contributed by atoms with Gasteiger partial charge in [0.05, 0.1) is 24.8 Å². The normalized spacial score (nSPS) is 16.6. The minimum atomic E-state index is -0.396. The average Bonchev–Trinajstić information content (AvgIpc) is 3.00. The molecule has 162 valence electrons. The van der Waals surface area contributed by atoms with Crippen LogP contribution >= 0.6 is 0 Å². The van der Waals surface area contributed by atoms with Gasteiger partial charge in [0.25, 0.3) is 5.91 Å². The number of unbranched alkanes of at least 4 members (excludes halogenated alkanes) is 9. The molecule has 1 unspecified atom stereocenters. The summed E-state index contributed by atoms with van der Waals surface area (Å²) in [5.41, 5.74) is 0.617. The van der Waals surface area contributed by atoms with E-state index in [1.165, 1.54) is 62.7 Å². The Morgan fingerprint density at radius 1 is 0.897 bits per heavy atom. The van der Waals surface area contributed by atoms with Crippen molar-refractivity contribution in [3.05, 3.63) is 24.3 Å². The first-order chi connectivity index (χ1) is 14.2. The third-order valence-corrected chi connectivity index (χ3v) is 5.47. The molecule has 2 rings (SSSR count). The Bertz CT molecular complexity index is 615. The lowest BCUT2D eigenvalue weighted by Crippen LogP contribution is -2.39. The number of carbonyl (C=O) groups excluding carboxylic acids is 2. The standard InChI is InChI=1S/C24H38N2O3/c1-3-5-6-7-8-9-10-11-12-13-18-25-22-19-23(27)26(24(22)28)20-14-16-21(17-15-20)29-4-2/h14-17,22,25H,3-13,18-19H2,1-2H3. The van der Waals surface area contributed by atoms with Crippen molar-refractivity contribution in [3.63, 3.8) is 0 Å². The van der Waals surface area contributed by atoms with E-state index in [4.69, 9.17) is 4.74 Å². The van der Waals surface area contributed by atoms with Crippen molar-refractivity contribution in [2.75, 3.05) is 18.1 Å². The quantitative estimate of drug-likeness (QED) is 0.322. The van der Waals surface area contributed by atoms with E-state index in [2.05, 4.69) is 12.2 Å². The van der Waals surface area contributed by atoms with Crippen molar-refractivity contribution >= 4 is 17.5 Å². The number of hydrogen-bond donors (Lipinski definition) is 1. The molecule has 1 fully saturated rings. The van der Waals surface area contributed by atoms with E-state index in [0.717, 1.165) is 18.7 Å². The van der Waals surface area contributed by atoms with E-state index < -0.39 is 6.04 Å². The molecule has 5 nitrogen and oxygen atoms in total. The number of benzene rings is 1. The summed E-state index contributed by atoms with van der Waals surface area (Å²) in [5, 5.41) is 3.28. The van der Waals surface area contributed by atoms with Gasteiger partial charge in [0.15, 0.2) is 0 Å². The predicted molar refractivity (Wildman–Crippen MR) is 118 cm³/mol. The van der Waals surface area contributed by atoms with Crippen molar-refractivity contribution in [2.45, 2.75) is 90.5 Å². The summed E-state index contributed by atoms with van der Waals surface area (Å²) in [6.07, 6.45) is 13.1. The van der Waals surface area contributed by atoms with Crippen LogP contribution in [0.2, 0.25) is 0 Å². The average molecular weight is 403 g/mol. The fraction of sp³-hybridized carbons (Fsp3) is 0.667. The molecule has 29 heavy (non-hydrogen) atoms. The number of ether oxygens (including phenoxy) is 1. The Labute approximate surface area is 176 Å². The van der Waals surface area contributed by atoms with Gasteiger partial charge in [0.1, 0.15) is 5.75 Å². The predicted octanol–water partition coefficient (Wildman–Crippen LogP) is 5.23. The second kappa shape index (κ2) is 13.4. The van der Waals surface area contributed by atoms with Crippen LogP contribution in [0.3, 0.4) is 0 Å². The van der Waals surface area contributed by atoms with E-state index in [9.17, 15) is 9.59 Å². The topological polar surface area (TPSA) is 58.6 Å². The smallest absolute Gasteiger partial charge is 0.251 e. The third kappa shape index (κ3) is 7.81. The summed E-state index contributed by atoms with van der Waals surface area (Å²) in [5.74, 6) is 0.456. The molecule has 0 bridgehead atoms. The van der Waals surface area contributed by atoms with Crippen LogP contribution in [0.1, 0.15) is 84.5 Å². The van der Waals surface area contributed by atoms with Crippen molar-refractivity contribution in [1.82, 2.24) is 5.32 Å². The summed E-state index contributed by atoms with van der Waals surface area (Å²) in [4.78, 5) is 26.3. The van der Waals surface area contributed by atoms with Gasteiger partial charge < -0.3 is 10.1 Å². The van der Waals surface area contributed by atoms with E-state index in [-0.39, 0.29) is 18.2 Å². The molecule has 1 N–H and O–H groups in total. The molecule has 0 aliphatic carbocycles. The zero-order chi connectivity index (χ0) is 20.9. The molecule has 1 aliphatic rings. The van der Waals surface area contributed by atoms with Gasteiger partial charge >= 0.3 is 0 Å². The van der Waals surface area contributed by atoms with Crippen molar-refractivity contribution in [2.24, 2.45) is 0 Å². The highest BCUT2D eigenvalue weighted by Gasteiger charge is 2.39. The Hall–Kier alpha value is -1.88. The first-order valence-electron chi connectivity index (χ1n) is 11.5. The summed E-state index contributed by atoms with van der Waals surface area (Å²) >= 11 is 0. The SMILES string of the molecule is CCCCCCCCCCCCNC1CC(=O)N(c2ccc(OCC)cc2)C1=O. The van der Waals surface area contributed by atoms with E-state index >= 15 is 0 Å². The Morgan fingerprint density at radius 3 is 2.07 bits per heavy atom. The fourth-order valence-electron chi connectivity index (χ4n) is 3.81. The van der Waals surface area contributed by atoms with Gasteiger partial charge in [-0.1, -0.05) is 64.7 Å². The Morgan fingerprint density at radius 2 is 1.48 bits per heavy atom. The minimum absolute atomic E-state index is 0.139. The van der Waals surface area contributed by atoms with E-state index in [1.807, 2.05) is 6.92 Å². The molecule has 0 aromatic heterocycles. The molecular weight excluding hydrogens is 364 g/mol. The zero-order valence-electron chi connectivity index (χ0n) is 18.3. The summed E-state index contributed by atoms with van der Waals surface area (Å²) < 4.78 is 5.42. The van der Waals surface area contributed by atoms with Gasteiger partial charge in [-0.15, -0.1) is 0 Å². The molecule has 5 heteroatoms. The highest BCUT2D eigenvalue weighted by atomic mass is 16.5. The molecule has 1 atom stereocenters. The first-order valence-corrected chi connectivity index (χ1v) is 11.5. The van der Waals surface area contributed by atoms with Crippen LogP contribution in [0.25, 0.3) is 0 Å². The van der Waals surface area contributed by atoms with Gasteiger partial charge in [-0.2, -0.15) is 0 Å². The molecule has 0 spiro atoms. The van der Waals surface area contributed by atoms with Crippen LogP contribution in [-0.2, 0) is 9.59 Å². The maximum atomic E-state index is 12.7. The van der Waals surface area contributed by atoms with Gasteiger partial charge in [-0.25, -0.2) is 4.90 Å². The molecule has 1 saturated heterocycles. The lowest BCUT2D eigenvalue weighted by Gasteiger charge is -2.16. The van der Waals surface area contributed by atoms with Crippen LogP contribution in [0.4, 0.5) is 5.69 Å². The molecule has 1 aromatic rings. The van der Waals surface area contributed by atoms with Crippen LogP contribution in [0.15, 0.2) is 24.3 Å². The number of hydrogen-bond acceptors (Lipinski definition) is 4. The van der Waals surface area contributed by atoms with Gasteiger partial charge in [0, 0.05) is 0 Å². The maximum Gasteiger partial charge on any atom is 0.251 e. The summed E-state index contributed by atoms with van der Waals surface area (Å²) in [6, 6.07) is 6.73. The van der Waals surface area contributed by atoms with Gasteiger partial charge in [-0.05, 0) is 44.2 Å². The van der Waals surface area contributed by atoms with Crippen molar-refractivity contribution in [3.8, 4) is 5.75 Å². The zero-order valence-corrected chi connectivity index (χ0v) is 18.3. The van der Waals surface area contributed by atoms with Crippen LogP contribution < -0.4 is 15.0 Å². The summed E-state index contributed by atoms with van der Waals surface area (Å²) in [7, 11) is 0. The lowest BCUT2D eigenvalue weighted by molar-refractivity contribution is -0.121. The number of amides is 2. The molecular formula is C24H38N2O3. The molecule has 2 amide bonds. The lowest BCUT2D eigenvalue weighted by atomic mass is 10.1. The molecule has 0 saturated carbocycles. The first kappa shape index (κ1) is 23.4. The monoisotopic (exact) mass is 402 g/mol.